The number of nitrogens with one attached hydrogen (secondary N) is 2. The van der Waals surface area contributed by atoms with Crippen molar-refractivity contribution in [1.29, 1.82) is 0 Å². The van der Waals surface area contributed by atoms with Gasteiger partial charge in [0.25, 0.3) is 0 Å². The van der Waals surface area contributed by atoms with Gasteiger partial charge in [-0.1, -0.05) is 39.5 Å². The van der Waals surface area contributed by atoms with E-state index in [2.05, 4.69) is 24.5 Å². The molecule has 0 aliphatic heterocycles. The Labute approximate surface area is 134 Å². The van der Waals surface area contributed by atoms with Crippen LogP contribution in [0.15, 0.2) is 0 Å². The third-order valence-electron chi connectivity index (χ3n) is 4.45. The molecule has 0 aromatic carbocycles. The van der Waals surface area contributed by atoms with Gasteiger partial charge in [-0.2, -0.15) is 0 Å². The second kappa shape index (κ2) is 9.13. The van der Waals surface area contributed by atoms with Gasteiger partial charge in [0, 0.05) is 18.5 Å². The Morgan fingerprint density at radius 1 is 1.23 bits per heavy atom. The maximum absolute atomic E-state index is 12.0. The van der Waals surface area contributed by atoms with Gasteiger partial charge in [0.05, 0.1) is 6.54 Å². The molecule has 1 atom stereocenters. The minimum atomic E-state index is -0.403. The Morgan fingerprint density at radius 3 is 2.41 bits per heavy atom. The number of carbonyl (C=O) groups is 2. The summed E-state index contributed by atoms with van der Waals surface area (Å²) in [5.41, 5.74) is 5.37. The molecule has 1 aliphatic rings. The van der Waals surface area contributed by atoms with Gasteiger partial charge < -0.3 is 16.4 Å². The van der Waals surface area contributed by atoms with Crippen LogP contribution >= 0.6 is 0 Å². The van der Waals surface area contributed by atoms with Crippen LogP contribution < -0.4 is 16.4 Å². The Hall–Kier alpha value is -1.10. The highest BCUT2D eigenvalue weighted by atomic mass is 16.2. The van der Waals surface area contributed by atoms with Gasteiger partial charge in [-0.25, -0.2) is 0 Å². The van der Waals surface area contributed by atoms with Crippen LogP contribution in [0.3, 0.4) is 0 Å². The highest BCUT2D eigenvalue weighted by Gasteiger charge is 2.25. The fourth-order valence-electron chi connectivity index (χ4n) is 3.37. The zero-order chi connectivity index (χ0) is 16.6. The fraction of sp³-hybridized carbons (Fsp3) is 0.882. The van der Waals surface area contributed by atoms with Crippen molar-refractivity contribution in [1.82, 2.24) is 10.6 Å². The summed E-state index contributed by atoms with van der Waals surface area (Å²) in [5, 5.41) is 5.66. The van der Waals surface area contributed by atoms with E-state index in [1.165, 1.54) is 25.7 Å². The highest BCUT2D eigenvalue weighted by molar-refractivity contribution is 5.85. The molecular formula is C17H33N3O2. The SMILES string of the molecule is CC(C)CC(C)(CN)NC(=O)CNC(=O)CCC1CCCC1. The lowest BCUT2D eigenvalue weighted by atomic mass is 9.91. The van der Waals surface area contributed by atoms with E-state index in [4.69, 9.17) is 5.73 Å². The summed E-state index contributed by atoms with van der Waals surface area (Å²) in [6.45, 7) is 6.59. The standard InChI is InChI=1S/C17H33N3O2/c1-13(2)10-17(3,12-18)20-16(22)11-19-15(21)9-8-14-6-4-5-7-14/h13-14H,4-12,18H2,1-3H3,(H,19,21)(H,20,22). The topological polar surface area (TPSA) is 84.2 Å². The van der Waals surface area contributed by atoms with Crippen molar-refractivity contribution in [3.8, 4) is 0 Å². The molecule has 5 nitrogen and oxygen atoms in total. The van der Waals surface area contributed by atoms with Crippen LogP contribution in [0, 0.1) is 11.8 Å². The van der Waals surface area contributed by atoms with E-state index in [9.17, 15) is 9.59 Å². The molecule has 1 saturated carbocycles. The Morgan fingerprint density at radius 2 is 1.86 bits per heavy atom. The van der Waals surface area contributed by atoms with Gasteiger partial charge in [0.1, 0.15) is 0 Å². The van der Waals surface area contributed by atoms with Gasteiger partial charge in [-0.05, 0) is 31.6 Å². The molecule has 128 valence electrons. The third kappa shape index (κ3) is 7.25. The lowest BCUT2D eigenvalue weighted by Crippen LogP contribution is -2.54. The molecule has 0 radical (unpaired) electrons. The summed E-state index contributed by atoms with van der Waals surface area (Å²) < 4.78 is 0. The number of amides is 2. The van der Waals surface area contributed by atoms with Crippen LogP contribution in [0.5, 0.6) is 0 Å². The second-order valence-corrected chi connectivity index (χ2v) is 7.38. The summed E-state index contributed by atoms with van der Waals surface area (Å²) in [4.78, 5) is 23.8. The summed E-state index contributed by atoms with van der Waals surface area (Å²) in [7, 11) is 0. The van der Waals surface area contributed by atoms with Crippen molar-refractivity contribution in [3.05, 3.63) is 0 Å². The van der Waals surface area contributed by atoms with Crippen molar-refractivity contribution < 1.29 is 9.59 Å². The second-order valence-electron chi connectivity index (χ2n) is 7.38. The molecule has 1 fully saturated rings. The monoisotopic (exact) mass is 311 g/mol. The first-order chi connectivity index (χ1) is 10.3. The molecule has 0 aromatic heterocycles. The number of carbonyl (C=O) groups excluding carboxylic acids is 2. The number of nitrogens with two attached hydrogens (primary N) is 1. The molecule has 0 saturated heterocycles. The lowest BCUT2D eigenvalue weighted by Gasteiger charge is -2.31. The van der Waals surface area contributed by atoms with Gasteiger partial charge in [0.2, 0.25) is 11.8 Å². The molecular weight excluding hydrogens is 278 g/mol. The maximum Gasteiger partial charge on any atom is 0.239 e. The number of hydrogen-bond acceptors (Lipinski definition) is 3. The fourth-order valence-corrected chi connectivity index (χ4v) is 3.37. The molecule has 1 rings (SSSR count). The summed E-state index contributed by atoms with van der Waals surface area (Å²) >= 11 is 0. The van der Waals surface area contributed by atoms with Crippen LogP contribution in [0.25, 0.3) is 0 Å². The van der Waals surface area contributed by atoms with Crippen molar-refractivity contribution in [3.63, 3.8) is 0 Å². The first-order valence-corrected chi connectivity index (χ1v) is 8.62. The molecule has 4 N–H and O–H groups in total. The van der Waals surface area contributed by atoms with E-state index in [-0.39, 0.29) is 18.4 Å². The van der Waals surface area contributed by atoms with E-state index < -0.39 is 5.54 Å². The molecule has 1 unspecified atom stereocenters. The van der Waals surface area contributed by atoms with E-state index >= 15 is 0 Å². The van der Waals surface area contributed by atoms with Crippen LogP contribution in [-0.2, 0) is 9.59 Å². The van der Waals surface area contributed by atoms with Crippen molar-refractivity contribution in [2.45, 2.75) is 71.3 Å². The lowest BCUT2D eigenvalue weighted by molar-refractivity contribution is -0.127. The zero-order valence-electron chi connectivity index (χ0n) is 14.4. The normalized spacial score (nSPS) is 18.2. The van der Waals surface area contributed by atoms with Crippen LogP contribution in [-0.4, -0.2) is 30.4 Å². The number of hydrogen-bond donors (Lipinski definition) is 3. The van der Waals surface area contributed by atoms with E-state index in [1.807, 2.05) is 6.92 Å². The Kier molecular flexibility index (Phi) is 7.87. The van der Waals surface area contributed by atoms with Crippen molar-refractivity contribution in [2.24, 2.45) is 17.6 Å². The molecule has 1 aliphatic carbocycles. The predicted molar refractivity (Wildman–Crippen MR) is 89.3 cm³/mol. The van der Waals surface area contributed by atoms with Gasteiger partial charge >= 0.3 is 0 Å². The minimum absolute atomic E-state index is 0.0274. The average molecular weight is 311 g/mol. The Bertz CT molecular complexity index is 365. The minimum Gasteiger partial charge on any atom is -0.348 e. The summed E-state index contributed by atoms with van der Waals surface area (Å²) in [5.74, 6) is 0.962. The van der Waals surface area contributed by atoms with E-state index in [1.54, 1.807) is 0 Å². The van der Waals surface area contributed by atoms with Crippen LogP contribution in [0.4, 0.5) is 0 Å². The maximum atomic E-state index is 12.0. The zero-order valence-corrected chi connectivity index (χ0v) is 14.4. The van der Waals surface area contributed by atoms with E-state index in [0.29, 0.717) is 24.8 Å². The van der Waals surface area contributed by atoms with Gasteiger partial charge in [-0.15, -0.1) is 0 Å². The highest BCUT2D eigenvalue weighted by Crippen LogP contribution is 2.28. The molecule has 0 heterocycles. The first-order valence-electron chi connectivity index (χ1n) is 8.62. The first kappa shape index (κ1) is 18.9. The molecule has 22 heavy (non-hydrogen) atoms. The third-order valence-corrected chi connectivity index (χ3v) is 4.45. The van der Waals surface area contributed by atoms with Crippen molar-refractivity contribution in [2.75, 3.05) is 13.1 Å². The van der Waals surface area contributed by atoms with Crippen LogP contribution in [0.2, 0.25) is 0 Å². The molecule has 5 heteroatoms. The van der Waals surface area contributed by atoms with E-state index in [0.717, 1.165) is 12.8 Å². The molecule has 0 aromatic rings. The van der Waals surface area contributed by atoms with Crippen molar-refractivity contribution >= 4 is 11.8 Å². The molecule has 0 bridgehead atoms. The van der Waals surface area contributed by atoms with Gasteiger partial charge in [0.15, 0.2) is 0 Å². The van der Waals surface area contributed by atoms with Crippen LogP contribution in [0.1, 0.15) is 65.7 Å². The number of rotatable bonds is 9. The predicted octanol–water partition coefficient (Wildman–Crippen LogP) is 1.95. The van der Waals surface area contributed by atoms with Gasteiger partial charge in [-0.3, -0.25) is 9.59 Å². The average Bonchev–Trinajstić information content (AvgIpc) is 2.95. The smallest absolute Gasteiger partial charge is 0.239 e. The summed E-state index contributed by atoms with van der Waals surface area (Å²) in [6, 6.07) is 0. The molecule has 2 amide bonds. The largest absolute Gasteiger partial charge is 0.348 e. The molecule has 0 spiro atoms. The Balaban J connectivity index is 2.24. The summed E-state index contributed by atoms with van der Waals surface area (Å²) in [6.07, 6.45) is 7.38. The quantitative estimate of drug-likeness (QED) is 0.608.